The number of carbonyl (C=O) groups excluding carboxylic acids is 1. The van der Waals surface area contributed by atoms with Crippen LogP contribution in [0, 0.1) is 22.6 Å². The number of nitrogens with one attached hydrogen (secondary N) is 1. The van der Waals surface area contributed by atoms with Gasteiger partial charge >= 0.3 is 0 Å². The van der Waals surface area contributed by atoms with E-state index in [1.165, 1.54) is 17.7 Å². The number of rotatable bonds is 7. The van der Waals surface area contributed by atoms with Gasteiger partial charge in [-0.25, -0.2) is 14.4 Å². The Bertz CT molecular complexity index is 1430. The Morgan fingerprint density at radius 2 is 1.93 bits per heavy atom. The quantitative estimate of drug-likeness (QED) is 0.461. The molecule has 222 valence electrons. The van der Waals surface area contributed by atoms with Gasteiger partial charge in [0.1, 0.15) is 12.1 Å². The van der Waals surface area contributed by atoms with Crippen LogP contribution in [0.3, 0.4) is 0 Å². The Labute approximate surface area is 247 Å². The molecule has 2 aromatic rings. The van der Waals surface area contributed by atoms with Gasteiger partial charge in [0.15, 0.2) is 23.1 Å². The number of carbonyl (C=O) groups is 1. The Morgan fingerprint density at radius 3 is 2.79 bits per heavy atom. The number of benzene rings is 1. The van der Waals surface area contributed by atoms with Crippen molar-refractivity contribution in [2.45, 2.75) is 64.9 Å². The van der Waals surface area contributed by atoms with Gasteiger partial charge in [0.25, 0.3) is 0 Å². The molecule has 2 atom stereocenters. The van der Waals surface area contributed by atoms with Gasteiger partial charge in [-0.05, 0) is 75.3 Å². The molecule has 1 aromatic carbocycles. The number of fused-ring (bicyclic) bond motifs is 1. The average Bonchev–Trinajstić information content (AvgIpc) is 3.76. The number of aromatic nitrogens is 2. The predicted octanol–water partition coefficient (Wildman–Crippen LogP) is 5.62. The highest BCUT2D eigenvalue weighted by atomic mass is 19.1. The lowest BCUT2D eigenvalue weighted by Crippen LogP contribution is -2.32. The number of nitrogens with zero attached hydrogens (tertiary/aromatic N) is 4. The number of hydrogen-bond donors (Lipinski definition) is 1. The second-order valence-electron chi connectivity index (χ2n) is 13.4. The van der Waals surface area contributed by atoms with Crippen molar-refractivity contribution in [1.82, 2.24) is 20.2 Å². The van der Waals surface area contributed by atoms with E-state index >= 15 is 0 Å². The summed E-state index contributed by atoms with van der Waals surface area (Å²) in [7, 11) is 0. The summed E-state index contributed by atoms with van der Waals surface area (Å²) in [5, 5.41) is 3.13. The van der Waals surface area contributed by atoms with Crippen LogP contribution in [0.2, 0.25) is 0 Å². The highest BCUT2D eigenvalue weighted by Crippen LogP contribution is 2.46. The fourth-order valence-electron chi connectivity index (χ4n) is 7.57. The molecule has 4 fully saturated rings. The van der Waals surface area contributed by atoms with Crippen LogP contribution in [-0.2, 0) is 4.79 Å². The fraction of sp³-hybridized carbons (Fsp3) is 0.545. The van der Waals surface area contributed by atoms with Crippen molar-refractivity contribution in [1.29, 1.82) is 0 Å². The number of amides is 1. The lowest BCUT2D eigenvalue weighted by atomic mass is 9.76. The zero-order valence-electron chi connectivity index (χ0n) is 24.6. The summed E-state index contributed by atoms with van der Waals surface area (Å²) in [6, 6.07) is 4.44. The number of likely N-dealkylation sites (tertiary alicyclic amines) is 1. The average molecular weight is 574 g/mol. The molecule has 9 heteroatoms. The minimum atomic E-state index is -0.344. The zero-order chi connectivity index (χ0) is 28.9. The Kier molecular flexibility index (Phi) is 6.95. The second-order valence-corrected chi connectivity index (χ2v) is 13.4. The largest absolute Gasteiger partial charge is 0.486 e. The third kappa shape index (κ3) is 5.16. The highest BCUT2D eigenvalue weighted by molar-refractivity contribution is 5.88. The summed E-state index contributed by atoms with van der Waals surface area (Å²) in [4.78, 5) is 26.2. The first-order chi connectivity index (χ1) is 20.3. The maximum atomic E-state index is 14.1. The number of anilines is 1. The van der Waals surface area contributed by atoms with Gasteiger partial charge in [0, 0.05) is 49.3 Å². The van der Waals surface area contributed by atoms with Crippen LogP contribution < -0.4 is 19.7 Å². The van der Waals surface area contributed by atoms with E-state index in [2.05, 4.69) is 37.2 Å². The lowest BCUT2D eigenvalue weighted by molar-refractivity contribution is -0.127. The normalized spacial score (nSPS) is 27.3. The molecule has 42 heavy (non-hydrogen) atoms. The van der Waals surface area contributed by atoms with Crippen molar-refractivity contribution in [3.05, 3.63) is 60.0 Å². The Hall–Kier alpha value is -3.46. The third-order valence-corrected chi connectivity index (χ3v) is 10.1. The van der Waals surface area contributed by atoms with E-state index in [1.54, 1.807) is 18.6 Å². The van der Waals surface area contributed by atoms with Gasteiger partial charge in [-0.1, -0.05) is 19.9 Å². The number of hydrogen-bond acceptors (Lipinski definition) is 7. The van der Waals surface area contributed by atoms with Crippen molar-refractivity contribution in [2.75, 3.05) is 37.6 Å². The Balaban J connectivity index is 1.02. The minimum Gasteiger partial charge on any atom is -0.486 e. The van der Waals surface area contributed by atoms with Crippen LogP contribution in [0.4, 0.5) is 10.2 Å². The zero-order valence-corrected chi connectivity index (χ0v) is 24.6. The van der Waals surface area contributed by atoms with Crippen LogP contribution in [0.25, 0.3) is 0 Å². The van der Waals surface area contributed by atoms with Crippen molar-refractivity contribution >= 4 is 11.7 Å². The number of allylic oxidation sites excluding steroid dienone is 2. The fourth-order valence-corrected chi connectivity index (χ4v) is 7.57. The van der Waals surface area contributed by atoms with Crippen LogP contribution in [0.1, 0.15) is 58.8 Å². The molecule has 5 aliphatic rings. The first-order valence-electron chi connectivity index (χ1n) is 15.4. The monoisotopic (exact) mass is 573 g/mol. The summed E-state index contributed by atoms with van der Waals surface area (Å²) in [5.41, 5.74) is 2.23. The molecular formula is C33H40FN5O3. The third-order valence-electron chi connectivity index (χ3n) is 10.1. The molecule has 3 saturated heterocycles. The molecule has 1 aromatic heterocycles. The molecule has 4 heterocycles. The summed E-state index contributed by atoms with van der Waals surface area (Å²) in [5.74, 6) is 2.28. The summed E-state index contributed by atoms with van der Waals surface area (Å²) >= 11 is 0. The van der Waals surface area contributed by atoms with E-state index in [1.807, 2.05) is 13.8 Å². The molecule has 8 nitrogen and oxygen atoms in total. The first-order valence-corrected chi connectivity index (χ1v) is 15.4. The van der Waals surface area contributed by atoms with E-state index in [-0.39, 0.29) is 34.6 Å². The summed E-state index contributed by atoms with van der Waals surface area (Å²) < 4.78 is 26.6. The molecule has 0 bridgehead atoms. The van der Waals surface area contributed by atoms with Crippen molar-refractivity contribution in [3.8, 4) is 17.2 Å². The van der Waals surface area contributed by atoms with E-state index in [9.17, 15) is 9.18 Å². The van der Waals surface area contributed by atoms with Crippen LogP contribution in [0.5, 0.6) is 17.2 Å². The van der Waals surface area contributed by atoms with E-state index in [0.29, 0.717) is 17.2 Å². The minimum absolute atomic E-state index is 0.0927. The lowest BCUT2D eigenvalue weighted by Gasteiger charge is -2.28. The molecular weight excluding hydrogens is 533 g/mol. The van der Waals surface area contributed by atoms with Crippen LogP contribution in [0.15, 0.2) is 54.1 Å². The van der Waals surface area contributed by atoms with Gasteiger partial charge in [-0.15, -0.1) is 0 Å². The molecule has 0 radical (unpaired) electrons. The molecule has 7 rings (SSSR count). The van der Waals surface area contributed by atoms with E-state index in [0.717, 1.165) is 89.2 Å². The molecule has 1 amide bonds. The molecule has 1 saturated carbocycles. The standard InChI is InChI=1S/C33H40FN5O3/c1-32(2)25-9-7-22(15-26(25)37-31(32)40)18-38-13-11-33(19-38)12-14-39(20-33)30-29(17-35-21-36-30)42-27-10-8-23(34)16-28(27)41-24-5-3-4-6-24/h7-8,10,15-17,21,24-25H,3-6,9,11-14,18-20H2,1-2H3,(H,37,40). The smallest absolute Gasteiger partial charge is 0.230 e. The maximum Gasteiger partial charge on any atom is 0.230 e. The van der Waals surface area contributed by atoms with Crippen molar-refractivity contribution in [3.63, 3.8) is 0 Å². The van der Waals surface area contributed by atoms with Gasteiger partial charge < -0.3 is 19.7 Å². The molecule has 1 N–H and O–H groups in total. The second kappa shape index (κ2) is 10.7. The van der Waals surface area contributed by atoms with Crippen LogP contribution >= 0.6 is 0 Å². The number of ether oxygens (including phenoxy) is 2. The van der Waals surface area contributed by atoms with E-state index in [4.69, 9.17) is 9.47 Å². The predicted molar refractivity (Wildman–Crippen MR) is 158 cm³/mol. The topological polar surface area (TPSA) is 79.8 Å². The van der Waals surface area contributed by atoms with Gasteiger partial charge in [0.2, 0.25) is 5.91 Å². The SMILES string of the molecule is CC1(C)C(=O)NC2=CC(CN3CCC4(CCN(c5ncncc5Oc5ccc(F)cc5OC5CCCC5)C4)C3)=CCC21. The maximum absolute atomic E-state index is 14.1. The molecule has 3 aliphatic heterocycles. The summed E-state index contributed by atoms with van der Waals surface area (Å²) in [6.45, 7) is 8.87. The van der Waals surface area contributed by atoms with Crippen LogP contribution in [-0.4, -0.2) is 59.6 Å². The first kappa shape index (κ1) is 27.4. The molecule has 2 unspecified atom stereocenters. The van der Waals surface area contributed by atoms with Gasteiger partial charge in [-0.2, -0.15) is 0 Å². The number of halogens is 1. The Morgan fingerprint density at radius 1 is 1.10 bits per heavy atom. The van der Waals surface area contributed by atoms with E-state index < -0.39 is 0 Å². The van der Waals surface area contributed by atoms with Crippen molar-refractivity contribution in [2.24, 2.45) is 16.7 Å². The van der Waals surface area contributed by atoms with Gasteiger partial charge in [0.05, 0.1) is 17.7 Å². The molecule has 1 spiro atoms. The highest BCUT2D eigenvalue weighted by Gasteiger charge is 2.47. The van der Waals surface area contributed by atoms with Gasteiger partial charge in [-0.3, -0.25) is 9.69 Å². The summed E-state index contributed by atoms with van der Waals surface area (Å²) in [6.07, 6.45) is 15.2. The van der Waals surface area contributed by atoms with Crippen molar-refractivity contribution < 1.29 is 18.7 Å². The molecule has 2 aliphatic carbocycles.